The van der Waals surface area contributed by atoms with E-state index in [-0.39, 0.29) is 30.4 Å². The zero-order valence-electron chi connectivity index (χ0n) is 22.4. The molecule has 4 atom stereocenters. The highest BCUT2D eigenvalue weighted by Gasteiger charge is 2.57. The average molecular weight is 537 g/mol. The van der Waals surface area contributed by atoms with Gasteiger partial charge in [-0.1, -0.05) is 54.1 Å². The van der Waals surface area contributed by atoms with E-state index in [1.807, 2.05) is 67.6 Å². The number of allylic oxidation sites excluding steroid dienone is 2. The Bertz CT molecular complexity index is 1460. The Balaban J connectivity index is 1.28. The fourth-order valence-electron chi connectivity index (χ4n) is 6.72. The summed E-state index contributed by atoms with van der Waals surface area (Å²) >= 11 is 0. The van der Waals surface area contributed by atoms with Crippen molar-refractivity contribution in [3.63, 3.8) is 0 Å². The Morgan fingerprint density at radius 2 is 1.73 bits per heavy atom. The number of fused-ring (bicyclic) bond motifs is 3. The van der Waals surface area contributed by atoms with Gasteiger partial charge in [-0.2, -0.15) is 0 Å². The normalized spacial score (nSPS) is 24.9. The number of benzene rings is 2. The Morgan fingerprint density at radius 3 is 2.42 bits per heavy atom. The standard InChI is InChI=1S/C32H32BNO6/c1-20-16-26-30(32(37)34(31(26)36)23-10-6-3-7-11-23)27-18-33(38)40-28(29(20)27)15-12-22(21-8-4-2-5-9-21)17-24-13-14-25(19-35)39-24/h2-11,13-14,17,26-28,30,35,38H,12,15-16,18-19H2,1H3/b22-17-/t26-,27+,28-,30-/m1/s1. The van der Waals surface area contributed by atoms with Gasteiger partial charge in [0.05, 0.1) is 23.6 Å². The van der Waals surface area contributed by atoms with Gasteiger partial charge < -0.3 is 19.2 Å². The van der Waals surface area contributed by atoms with Crippen molar-refractivity contribution in [1.82, 2.24) is 0 Å². The Hall–Kier alpha value is -3.72. The van der Waals surface area contributed by atoms with Crippen LogP contribution in [0, 0.1) is 17.8 Å². The third-order valence-corrected chi connectivity index (χ3v) is 8.44. The second-order valence-electron chi connectivity index (χ2n) is 10.9. The summed E-state index contributed by atoms with van der Waals surface area (Å²) in [7, 11) is -1.01. The molecule has 3 aliphatic rings. The van der Waals surface area contributed by atoms with E-state index in [1.165, 1.54) is 4.90 Å². The first kappa shape index (κ1) is 26.5. The lowest BCUT2D eigenvalue weighted by Gasteiger charge is -2.42. The molecule has 6 rings (SSSR count). The molecule has 2 N–H and O–H groups in total. The van der Waals surface area contributed by atoms with Gasteiger partial charge in [0, 0.05) is 0 Å². The molecule has 0 bridgehead atoms. The van der Waals surface area contributed by atoms with E-state index in [0.717, 1.165) is 22.3 Å². The molecule has 2 fully saturated rings. The maximum Gasteiger partial charge on any atom is 0.455 e. The predicted octanol–water partition coefficient (Wildman–Crippen LogP) is 5.11. The zero-order valence-corrected chi connectivity index (χ0v) is 22.4. The van der Waals surface area contributed by atoms with E-state index in [4.69, 9.17) is 9.07 Å². The number of carbonyl (C=O) groups is 2. The van der Waals surface area contributed by atoms with E-state index < -0.39 is 19.0 Å². The summed E-state index contributed by atoms with van der Waals surface area (Å²) in [6.45, 7) is 1.87. The maximum absolute atomic E-state index is 13.7. The van der Waals surface area contributed by atoms with Crippen molar-refractivity contribution < 1.29 is 28.8 Å². The second kappa shape index (κ2) is 11.0. The molecule has 2 aromatic carbocycles. The number of furan rings is 1. The fourth-order valence-corrected chi connectivity index (χ4v) is 6.72. The van der Waals surface area contributed by atoms with Gasteiger partial charge in [-0.15, -0.1) is 0 Å². The van der Waals surface area contributed by atoms with Gasteiger partial charge in [0.15, 0.2) is 0 Å². The summed E-state index contributed by atoms with van der Waals surface area (Å²) in [5.74, 6) is -0.378. The number of nitrogens with zero attached hydrogens (tertiary/aromatic N) is 1. The number of rotatable bonds is 7. The lowest BCUT2D eigenvalue weighted by Crippen LogP contribution is -2.46. The van der Waals surface area contributed by atoms with Gasteiger partial charge in [-0.25, -0.2) is 0 Å². The Morgan fingerprint density at radius 1 is 1.00 bits per heavy atom. The summed E-state index contributed by atoms with van der Waals surface area (Å²) in [6, 6.07) is 22.7. The molecule has 204 valence electrons. The largest absolute Gasteiger partial charge is 0.459 e. The van der Waals surface area contributed by atoms with Crippen molar-refractivity contribution in [2.75, 3.05) is 4.90 Å². The second-order valence-corrected chi connectivity index (χ2v) is 10.9. The van der Waals surface area contributed by atoms with Crippen molar-refractivity contribution in [3.05, 3.63) is 101 Å². The number of hydrogen-bond donors (Lipinski definition) is 2. The van der Waals surface area contributed by atoms with Crippen LogP contribution < -0.4 is 4.90 Å². The Labute approximate surface area is 233 Å². The van der Waals surface area contributed by atoms with E-state index in [0.29, 0.717) is 42.8 Å². The van der Waals surface area contributed by atoms with Crippen molar-refractivity contribution in [1.29, 1.82) is 0 Å². The molecule has 0 radical (unpaired) electrons. The minimum Gasteiger partial charge on any atom is -0.459 e. The predicted molar refractivity (Wildman–Crippen MR) is 153 cm³/mol. The first-order valence-corrected chi connectivity index (χ1v) is 13.9. The lowest BCUT2D eigenvalue weighted by atomic mass is 9.58. The van der Waals surface area contributed by atoms with Crippen molar-refractivity contribution in [2.45, 2.75) is 45.2 Å². The first-order chi connectivity index (χ1) is 19.4. The third-order valence-electron chi connectivity index (χ3n) is 8.44. The van der Waals surface area contributed by atoms with E-state index in [2.05, 4.69) is 0 Å². The highest BCUT2D eigenvalue weighted by Crippen LogP contribution is 2.51. The Kier molecular flexibility index (Phi) is 7.32. The van der Waals surface area contributed by atoms with Gasteiger partial charge in [-0.3, -0.25) is 14.5 Å². The van der Waals surface area contributed by atoms with Crippen LogP contribution in [-0.4, -0.2) is 35.2 Å². The fraction of sp³-hybridized carbons (Fsp3) is 0.312. The van der Waals surface area contributed by atoms with Gasteiger partial charge >= 0.3 is 7.12 Å². The third kappa shape index (κ3) is 4.87. The number of hydrogen-bond acceptors (Lipinski definition) is 6. The maximum atomic E-state index is 13.7. The molecule has 0 spiro atoms. The number of carbonyl (C=O) groups excluding carboxylic acids is 2. The first-order valence-electron chi connectivity index (χ1n) is 13.9. The highest BCUT2D eigenvalue weighted by atomic mass is 16.5. The number of imide groups is 1. The average Bonchev–Trinajstić information content (AvgIpc) is 3.53. The molecule has 7 nitrogen and oxygen atoms in total. The van der Waals surface area contributed by atoms with Gasteiger partial charge in [0.1, 0.15) is 18.1 Å². The van der Waals surface area contributed by atoms with Crippen LogP contribution >= 0.6 is 0 Å². The van der Waals surface area contributed by atoms with Crippen molar-refractivity contribution in [2.24, 2.45) is 17.8 Å². The molecule has 1 aromatic heterocycles. The quantitative estimate of drug-likeness (QED) is 0.247. The summed E-state index contributed by atoms with van der Waals surface area (Å²) in [5.41, 5.74) is 4.80. The summed E-state index contributed by atoms with van der Waals surface area (Å²) in [4.78, 5) is 28.5. The van der Waals surface area contributed by atoms with Crippen LogP contribution in [0.5, 0.6) is 0 Å². The van der Waals surface area contributed by atoms with Crippen LogP contribution in [0.1, 0.15) is 43.3 Å². The zero-order chi connectivity index (χ0) is 27.8. The number of amides is 2. The molecule has 2 amide bonds. The number of aliphatic hydroxyl groups excluding tert-OH is 1. The summed E-state index contributed by atoms with van der Waals surface area (Å²) in [5, 5.41) is 20.2. The monoisotopic (exact) mass is 537 g/mol. The van der Waals surface area contributed by atoms with E-state index >= 15 is 0 Å². The summed E-state index contributed by atoms with van der Waals surface area (Å²) < 4.78 is 11.8. The number of aliphatic hydroxyl groups is 1. The number of para-hydroxylation sites is 1. The molecule has 3 heterocycles. The molecule has 40 heavy (non-hydrogen) atoms. The van der Waals surface area contributed by atoms with Crippen molar-refractivity contribution in [3.8, 4) is 0 Å². The van der Waals surface area contributed by atoms with Crippen LogP contribution in [0.4, 0.5) is 5.69 Å². The molecular formula is C32H32BNO6. The number of anilines is 1. The highest BCUT2D eigenvalue weighted by molar-refractivity contribution is 6.43. The van der Waals surface area contributed by atoms with E-state index in [1.54, 1.807) is 18.2 Å². The minimum atomic E-state index is -1.01. The molecule has 0 saturated carbocycles. The summed E-state index contributed by atoms with van der Waals surface area (Å²) in [6.07, 6.45) is 3.63. The molecule has 0 unspecified atom stereocenters. The minimum absolute atomic E-state index is 0.160. The van der Waals surface area contributed by atoms with E-state index in [9.17, 15) is 19.7 Å². The molecule has 2 saturated heterocycles. The van der Waals surface area contributed by atoms with Crippen LogP contribution in [-0.2, 0) is 20.9 Å². The van der Waals surface area contributed by atoms with Crippen LogP contribution in [0.2, 0.25) is 6.32 Å². The van der Waals surface area contributed by atoms with Crippen LogP contribution in [0.3, 0.4) is 0 Å². The van der Waals surface area contributed by atoms with Gasteiger partial charge in [0.25, 0.3) is 0 Å². The molecule has 8 heteroatoms. The topological polar surface area (TPSA) is 100 Å². The molecule has 2 aliphatic heterocycles. The SMILES string of the molecule is CC1=C2[C@@H](CC/C(=C/c3ccc(CO)o3)c3ccccc3)OB(O)C[C@@H]2[C@@H]2C(=O)N(c3ccccc3)C(=O)[C@@H]2C1. The van der Waals surface area contributed by atoms with Crippen LogP contribution in [0.15, 0.2) is 88.4 Å². The molecule has 3 aromatic rings. The van der Waals surface area contributed by atoms with Gasteiger partial charge in [0.2, 0.25) is 11.8 Å². The smallest absolute Gasteiger partial charge is 0.455 e. The van der Waals surface area contributed by atoms with Crippen molar-refractivity contribution >= 4 is 36.3 Å². The molecular weight excluding hydrogens is 505 g/mol. The van der Waals surface area contributed by atoms with Gasteiger partial charge in [-0.05, 0) is 85.5 Å². The van der Waals surface area contributed by atoms with Crippen LogP contribution in [0.25, 0.3) is 11.6 Å². The lowest BCUT2D eigenvalue weighted by molar-refractivity contribution is -0.122. The molecule has 1 aliphatic carbocycles.